The number of rotatable bonds is 5. The lowest BCUT2D eigenvalue weighted by molar-refractivity contribution is 0.0798. The number of piperidine rings is 1. The first-order chi connectivity index (χ1) is 11.0. The van der Waals surface area contributed by atoms with Crippen molar-refractivity contribution < 1.29 is 9.90 Å². The van der Waals surface area contributed by atoms with Gasteiger partial charge >= 0.3 is 6.03 Å². The summed E-state index contributed by atoms with van der Waals surface area (Å²) in [6.45, 7) is 8.00. The predicted octanol–water partition coefficient (Wildman–Crippen LogP) is 2.81. The monoisotopic (exact) mass is 319 g/mol. The van der Waals surface area contributed by atoms with Crippen LogP contribution < -0.4 is 10.6 Å². The number of nitrogens with one attached hydrogen (secondary N) is 2. The highest BCUT2D eigenvalue weighted by Gasteiger charge is 2.25. The Morgan fingerprint density at radius 3 is 2.61 bits per heavy atom. The van der Waals surface area contributed by atoms with Crippen molar-refractivity contribution >= 4 is 11.7 Å². The summed E-state index contributed by atoms with van der Waals surface area (Å²) < 4.78 is 0. The maximum atomic E-state index is 12.2. The van der Waals surface area contributed by atoms with Crippen LogP contribution in [0.3, 0.4) is 0 Å². The van der Waals surface area contributed by atoms with Crippen LogP contribution in [0.25, 0.3) is 0 Å². The van der Waals surface area contributed by atoms with Gasteiger partial charge in [0.1, 0.15) is 0 Å². The number of nitrogens with zero attached hydrogens (tertiary/aromatic N) is 1. The second-order valence-corrected chi connectivity index (χ2v) is 6.72. The van der Waals surface area contributed by atoms with Crippen LogP contribution in [0.5, 0.6) is 0 Å². The summed E-state index contributed by atoms with van der Waals surface area (Å²) in [6, 6.07) is 8.49. The highest BCUT2D eigenvalue weighted by atomic mass is 16.3. The van der Waals surface area contributed by atoms with E-state index in [1.54, 1.807) is 0 Å². The van der Waals surface area contributed by atoms with Crippen LogP contribution in [-0.4, -0.2) is 41.3 Å². The Labute approximate surface area is 139 Å². The van der Waals surface area contributed by atoms with E-state index in [0.717, 1.165) is 37.2 Å². The zero-order valence-corrected chi connectivity index (χ0v) is 14.4. The van der Waals surface area contributed by atoms with Gasteiger partial charge in [0.2, 0.25) is 0 Å². The summed E-state index contributed by atoms with van der Waals surface area (Å²) in [5.41, 5.74) is 2.16. The predicted molar refractivity (Wildman–Crippen MR) is 93.4 cm³/mol. The SMILES string of the molecule is CC(C)Nc1cccc(CNC(=O)N2CCC(C(C)O)CC2)c1. The van der Waals surface area contributed by atoms with Gasteiger partial charge in [-0.25, -0.2) is 4.79 Å². The lowest BCUT2D eigenvalue weighted by Gasteiger charge is -2.33. The minimum atomic E-state index is -0.281. The van der Waals surface area contributed by atoms with Crippen molar-refractivity contribution in [3.63, 3.8) is 0 Å². The van der Waals surface area contributed by atoms with Gasteiger partial charge in [0.15, 0.2) is 0 Å². The molecule has 5 heteroatoms. The molecule has 2 rings (SSSR count). The van der Waals surface area contributed by atoms with Crippen LogP contribution >= 0.6 is 0 Å². The Hall–Kier alpha value is -1.75. The molecular formula is C18H29N3O2. The molecule has 3 N–H and O–H groups in total. The van der Waals surface area contributed by atoms with E-state index < -0.39 is 0 Å². The zero-order chi connectivity index (χ0) is 16.8. The Morgan fingerprint density at radius 1 is 1.30 bits per heavy atom. The number of hydrogen-bond donors (Lipinski definition) is 3. The molecule has 1 unspecified atom stereocenters. The normalized spacial score (nSPS) is 17.2. The van der Waals surface area contributed by atoms with Crippen molar-refractivity contribution in [3.05, 3.63) is 29.8 Å². The van der Waals surface area contributed by atoms with E-state index in [9.17, 15) is 9.90 Å². The van der Waals surface area contributed by atoms with Crippen LogP contribution in [0.15, 0.2) is 24.3 Å². The third-order valence-corrected chi connectivity index (χ3v) is 4.34. The minimum Gasteiger partial charge on any atom is -0.393 e. The first-order valence-corrected chi connectivity index (χ1v) is 8.52. The first-order valence-electron chi connectivity index (χ1n) is 8.52. The van der Waals surface area contributed by atoms with Crippen molar-refractivity contribution in [2.24, 2.45) is 5.92 Å². The van der Waals surface area contributed by atoms with Gasteiger partial charge in [-0.15, -0.1) is 0 Å². The van der Waals surface area contributed by atoms with Gasteiger partial charge in [-0.05, 0) is 57.2 Å². The number of likely N-dealkylation sites (tertiary alicyclic amines) is 1. The molecule has 2 amide bonds. The average Bonchev–Trinajstić information content (AvgIpc) is 2.52. The van der Waals surface area contributed by atoms with Crippen molar-refractivity contribution in [3.8, 4) is 0 Å². The van der Waals surface area contributed by atoms with Gasteiger partial charge in [0.25, 0.3) is 0 Å². The number of benzene rings is 1. The van der Waals surface area contributed by atoms with Crippen LogP contribution in [-0.2, 0) is 6.54 Å². The molecular weight excluding hydrogens is 290 g/mol. The molecule has 0 spiro atoms. The lowest BCUT2D eigenvalue weighted by Crippen LogP contribution is -2.45. The van der Waals surface area contributed by atoms with Crippen molar-refractivity contribution in [1.82, 2.24) is 10.2 Å². The molecule has 0 radical (unpaired) electrons. The molecule has 1 heterocycles. The molecule has 1 atom stereocenters. The fourth-order valence-corrected chi connectivity index (χ4v) is 2.98. The Kier molecular flexibility index (Phi) is 6.28. The number of hydrogen-bond acceptors (Lipinski definition) is 3. The Balaban J connectivity index is 1.81. The standard InChI is InChI=1S/C18H29N3O2/c1-13(2)20-17-6-4-5-15(11-17)12-19-18(23)21-9-7-16(8-10-21)14(3)22/h4-6,11,13-14,16,20,22H,7-10,12H2,1-3H3,(H,19,23). The topological polar surface area (TPSA) is 64.6 Å². The van der Waals surface area contributed by atoms with Gasteiger partial charge in [0.05, 0.1) is 6.10 Å². The fraction of sp³-hybridized carbons (Fsp3) is 0.611. The Bertz CT molecular complexity index is 509. The van der Waals surface area contributed by atoms with Crippen LogP contribution in [0.4, 0.5) is 10.5 Å². The molecule has 23 heavy (non-hydrogen) atoms. The molecule has 128 valence electrons. The van der Waals surface area contributed by atoms with Crippen LogP contribution in [0, 0.1) is 5.92 Å². The number of carbonyl (C=O) groups is 1. The summed E-state index contributed by atoms with van der Waals surface area (Å²) in [4.78, 5) is 14.1. The number of aliphatic hydroxyl groups excluding tert-OH is 1. The van der Waals surface area contributed by atoms with Gasteiger partial charge < -0.3 is 20.6 Å². The first kappa shape index (κ1) is 17.6. The number of aliphatic hydroxyl groups is 1. The number of urea groups is 1. The van der Waals surface area contributed by atoms with Crippen molar-refractivity contribution in [2.45, 2.75) is 52.3 Å². The molecule has 0 aliphatic carbocycles. The largest absolute Gasteiger partial charge is 0.393 e. The quantitative estimate of drug-likeness (QED) is 0.782. The van der Waals surface area contributed by atoms with E-state index >= 15 is 0 Å². The summed E-state index contributed by atoms with van der Waals surface area (Å²) in [6.07, 6.45) is 1.47. The second kappa shape index (κ2) is 8.20. The molecule has 5 nitrogen and oxygen atoms in total. The highest BCUT2D eigenvalue weighted by Crippen LogP contribution is 2.20. The third-order valence-electron chi connectivity index (χ3n) is 4.34. The number of anilines is 1. The summed E-state index contributed by atoms with van der Waals surface area (Å²) >= 11 is 0. The summed E-state index contributed by atoms with van der Waals surface area (Å²) in [5, 5.41) is 16.0. The van der Waals surface area contributed by atoms with Crippen molar-refractivity contribution in [1.29, 1.82) is 0 Å². The number of amides is 2. The molecule has 1 aromatic carbocycles. The zero-order valence-electron chi connectivity index (χ0n) is 14.4. The van der Waals surface area contributed by atoms with Gasteiger partial charge in [-0.3, -0.25) is 0 Å². The fourth-order valence-electron chi connectivity index (χ4n) is 2.98. The van der Waals surface area contributed by atoms with E-state index in [-0.39, 0.29) is 12.1 Å². The van der Waals surface area contributed by atoms with Gasteiger partial charge in [-0.1, -0.05) is 12.1 Å². The molecule has 1 aromatic rings. The highest BCUT2D eigenvalue weighted by molar-refractivity contribution is 5.74. The maximum Gasteiger partial charge on any atom is 0.317 e. The van der Waals surface area contributed by atoms with E-state index in [0.29, 0.717) is 18.5 Å². The minimum absolute atomic E-state index is 0.0173. The van der Waals surface area contributed by atoms with E-state index in [2.05, 4.69) is 30.5 Å². The van der Waals surface area contributed by atoms with Gasteiger partial charge in [-0.2, -0.15) is 0 Å². The molecule has 1 aliphatic rings. The van der Waals surface area contributed by atoms with E-state index in [4.69, 9.17) is 0 Å². The van der Waals surface area contributed by atoms with Crippen LogP contribution in [0.1, 0.15) is 39.2 Å². The average molecular weight is 319 g/mol. The molecule has 0 bridgehead atoms. The summed E-state index contributed by atoms with van der Waals surface area (Å²) in [7, 11) is 0. The van der Waals surface area contributed by atoms with Crippen LogP contribution in [0.2, 0.25) is 0 Å². The van der Waals surface area contributed by atoms with Gasteiger partial charge in [0, 0.05) is 31.4 Å². The number of carbonyl (C=O) groups excluding carboxylic acids is 1. The molecule has 0 aromatic heterocycles. The van der Waals surface area contributed by atoms with Crippen molar-refractivity contribution in [2.75, 3.05) is 18.4 Å². The third kappa shape index (κ3) is 5.43. The molecule has 0 saturated carbocycles. The summed E-state index contributed by atoms with van der Waals surface area (Å²) in [5.74, 6) is 0.317. The lowest BCUT2D eigenvalue weighted by atomic mass is 9.92. The molecule has 1 aliphatic heterocycles. The smallest absolute Gasteiger partial charge is 0.317 e. The van der Waals surface area contributed by atoms with E-state index in [1.807, 2.05) is 30.0 Å². The molecule has 1 saturated heterocycles. The maximum absolute atomic E-state index is 12.2. The Morgan fingerprint density at radius 2 is 2.00 bits per heavy atom. The second-order valence-electron chi connectivity index (χ2n) is 6.72. The van der Waals surface area contributed by atoms with E-state index in [1.165, 1.54) is 0 Å². The molecule has 1 fully saturated rings.